The topological polar surface area (TPSA) is 79.0 Å². The fourth-order valence-electron chi connectivity index (χ4n) is 4.51. The third-order valence-electron chi connectivity index (χ3n) is 6.13. The number of H-pyrrole nitrogens is 1. The molecule has 1 aliphatic carbocycles. The average Bonchev–Trinajstić information content (AvgIpc) is 3.41. The average molecular weight is 584 g/mol. The molecule has 2 unspecified atom stereocenters. The first-order valence-corrected chi connectivity index (χ1v) is 12.7. The van der Waals surface area contributed by atoms with Crippen LogP contribution in [0.2, 0.25) is 0 Å². The number of anilines is 2. The molecule has 2 atom stereocenters. The van der Waals surface area contributed by atoms with E-state index in [9.17, 15) is 8.78 Å². The molecule has 0 aliphatic heterocycles. The molecule has 0 spiro atoms. The van der Waals surface area contributed by atoms with Crippen molar-refractivity contribution >= 4 is 66.6 Å². The number of hydrogen-bond acceptors (Lipinski definition) is 7. The van der Waals surface area contributed by atoms with Crippen LogP contribution < -0.4 is 10.1 Å². The predicted molar refractivity (Wildman–Crippen MR) is 135 cm³/mol. The van der Waals surface area contributed by atoms with E-state index in [0.717, 1.165) is 51.9 Å². The summed E-state index contributed by atoms with van der Waals surface area (Å²) in [5.41, 5.74) is 2.97. The second kappa shape index (κ2) is 9.26. The lowest BCUT2D eigenvalue weighted by molar-refractivity contribution is 0.0880. The Kier molecular flexibility index (Phi) is 6.36. The zero-order valence-corrected chi connectivity index (χ0v) is 21.1. The Bertz CT molecular complexity index is 1290. The minimum Gasteiger partial charge on any atom is -0.494 e. The molecular weight excluding hydrogens is 561 g/mol. The van der Waals surface area contributed by atoms with Crippen LogP contribution in [0.15, 0.2) is 24.7 Å². The van der Waals surface area contributed by atoms with Gasteiger partial charge >= 0.3 is 0 Å². The molecule has 0 radical (unpaired) electrons. The van der Waals surface area contributed by atoms with E-state index in [1.165, 1.54) is 10.4 Å². The monoisotopic (exact) mass is 584 g/mol. The van der Waals surface area contributed by atoms with E-state index in [1.807, 2.05) is 12.1 Å². The van der Waals surface area contributed by atoms with Gasteiger partial charge in [-0.15, -0.1) is 11.3 Å². The standard InChI is InChI=1S/C22H23F2IN6OS/c1-31(9-18(23)24)20(25)11-3-4-13-17(6-11)33-22-19(13)21(26-10-27-22)29-15-5-12-8-28-30-14(12)7-16(15)32-2/h5,7-8,10-11,18,20H,3-4,6,9H2,1-2H3,(H,28,30)(H,26,27,29). The Morgan fingerprint density at radius 3 is 3.00 bits per heavy atom. The number of aryl methyl sites for hydroxylation is 1. The van der Waals surface area contributed by atoms with Crippen LogP contribution in [0.5, 0.6) is 5.75 Å². The molecule has 33 heavy (non-hydrogen) atoms. The first kappa shape index (κ1) is 22.7. The quantitative estimate of drug-likeness (QED) is 0.173. The number of aromatic amines is 1. The van der Waals surface area contributed by atoms with E-state index in [2.05, 4.69) is 48.1 Å². The first-order chi connectivity index (χ1) is 15.9. The van der Waals surface area contributed by atoms with E-state index in [1.54, 1.807) is 42.9 Å². The Morgan fingerprint density at radius 1 is 1.36 bits per heavy atom. The molecular formula is C22H23F2IN6OS. The second-order valence-corrected chi connectivity index (χ2v) is 10.6. The molecule has 11 heteroatoms. The summed E-state index contributed by atoms with van der Waals surface area (Å²) in [4.78, 5) is 13.1. The van der Waals surface area contributed by atoms with E-state index in [4.69, 9.17) is 4.74 Å². The van der Waals surface area contributed by atoms with Crippen molar-refractivity contribution in [3.8, 4) is 5.75 Å². The molecule has 3 heterocycles. The number of aromatic nitrogens is 4. The van der Waals surface area contributed by atoms with Crippen molar-refractivity contribution in [2.75, 3.05) is 26.0 Å². The van der Waals surface area contributed by atoms with Gasteiger partial charge in [-0.25, -0.2) is 18.7 Å². The Hall–Kier alpha value is -2.12. The number of hydrogen-bond donors (Lipinski definition) is 2. The summed E-state index contributed by atoms with van der Waals surface area (Å²) in [5.74, 6) is 1.76. The highest BCUT2D eigenvalue weighted by Crippen LogP contribution is 2.43. The van der Waals surface area contributed by atoms with Crippen LogP contribution in [0.3, 0.4) is 0 Å². The van der Waals surface area contributed by atoms with Crippen LogP contribution in [0, 0.1) is 5.92 Å². The maximum Gasteiger partial charge on any atom is 0.251 e. The third-order valence-corrected chi connectivity index (χ3v) is 9.26. The minimum absolute atomic E-state index is 0.0598. The van der Waals surface area contributed by atoms with Crippen molar-refractivity contribution in [1.29, 1.82) is 0 Å². The van der Waals surface area contributed by atoms with Crippen LogP contribution in [0.4, 0.5) is 20.3 Å². The van der Waals surface area contributed by atoms with Crippen LogP contribution in [0.25, 0.3) is 21.1 Å². The summed E-state index contributed by atoms with van der Waals surface area (Å²) in [6.45, 7) is -0.203. The van der Waals surface area contributed by atoms with Crippen LogP contribution in [0.1, 0.15) is 16.9 Å². The van der Waals surface area contributed by atoms with E-state index < -0.39 is 6.43 Å². The van der Waals surface area contributed by atoms with E-state index in [0.29, 0.717) is 11.7 Å². The van der Waals surface area contributed by atoms with Crippen LogP contribution in [-0.4, -0.2) is 56.2 Å². The Balaban J connectivity index is 1.46. The van der Waals surface area contributed by atoms with Gasteiger partial charge < -0.3 is 10.1 Å². The van der Waals surface area contributed by atoms with Crippen molar-refractivity contribution in [3.05, 3.63) is 35.1 Å². The molecule has 0 fully saturated rings. The molecule has 1 aliphatic rings. The van der Waals surface area contributed by atoms with Gasteiger partial charge in [-0.2, -0.15) is 5.10 Å². The van der Waals surface area contributed by atoms with Gasteiger partial charge in [0.05, 0.1) is 40.5 Å². The summed E-state index contributed by atoms with van der Waals surface area (Å²) in [7, 11) is 3.41. The van der Waals surface area contributed by atoms with Gasteiger partial charge in [0.2, 0.25) is 0 Å². The molecule has 0 saturated carbocycles. The SMILES string of the molecule is COc1cc2[nH]ncc2cc1Nc1ncnc2sc3c(c12)CCC(C(I)N(C)CC(F)F)C3. The molecule has 7 nitrogen and oxygen atoms in total. The van der Waals surface area contributed by atoms with Crippen molar-refractivity contribution < 1.29 is 13.5 Å². The Labute approximate surface area is 207 Å². The highest BCUT2D eigenvalue weighted by Gasteiger charge is 2.31. The van der Waals surface area contributed by atoms with Crippen LogP contribution >= 0.6 is 33.9 Å². The summed E-state index contributed by atoms with van der Waals surface area (Å²) in [6, 6.07) is 3.90. The van der Waals surface area contributed by atoms with E-state index >= 15 is 0 Å². The molecule has 0 amide bonds. The molecule has 2 N–H and O–H groups in total. The lowest BCUT2D eigenvalue weighted by Gasteiger charge is -2.32. The summed E-state index contributed by atoms with van der Waals surface area (Å²) < 4.78 is 31.4. The lowest BCUT2D eigenvalue weighted by atomic mass is 9.87. The molecule has 0 bridgehead atoms. The number of fused-ring (bicyclic) bond motifs is 4. The van der Waals surface area contributed by atoms with Gasteiger partial charge in [0.25, 0.3) is 6.43 Å². The maximum atomic E-state index is 12.9. The number of alkyl halides is 3. The number of nitrogens with one attached hydrogen (secondary N) is 2. The molecule has 0 saturated heterocycles. The largest absolute Gasteiger partial charge is 0.494 e. The molecule has 5 rings (SSSR count). The number of methoxy groups -OCH3 is 1. The van der Waals surface area contributed by atoms with Gasteiger partial charge in [-0.3, -0.25) is 10.00 Å². The second-order valence-electron chi connectivity index (χ2n) is 8.25. The number of ether oxygens (including phenoxy) is 1. The van der Waals surface area contributed by atoms with Crippen molar-refractivity contribution in [1.82, 2.24) is 25.1 Å². The zero-order chi connectivity index (χ0) is 23.1. The predicted octanol–water partition coefficient (Wildman–Crippen LogP) is 5.38. The minimum atomic E-state index is -2.32. The Morgan fingerprint density at radius 2 is 2.21 bits per heavy atom. The van der Waals surface area contributed by atoms with Gasteiger partial charge in [-0.1, -0.05) is 22.6 Å². The normalized spacial score (nSPS) is 17.1. The van der Waals surface area contributed by atoms with Gasteiger partial charge in [0.15, 0.2) is 0 Å². The first-order valence-electron chi connectivity index (χ1n) is 10.6. The third kappa shape index (κ3) is 4.37. The number of thiophene rings is 1. The number of rotatable bonds is 7. The summed E-state index contributed by atoms with van der Waals surface area (Å²) in [5, 5.41) is 12.5. The molecule has 1 aromatic carbocycles. The molecule has 4 aromatic rings. The maximum absolute atomic E-state index is 12.9. The van der Waals surface area contributed by atoms with Gasteiger partial charge in [-0.05, 0) is 43.9 Å². The highest BCUT2D eigenvalue weighted by molar-refractivity contribution is 14.1. The van der Waals surface area contributed by atoms with Crippen LogP contribution in [-0.2, 0) is 12.8 Å². The fourth-order valence-corrected chi connectivity index (χ4v) is 6.63. The summed E-state index contributed by atoms with van der Waals surface area (Å²) in [6.07, 6.45) is 3.71. The molecule has 3 aromatic heterocycles. The van der Waals surface area contributed by atoms with Gasteiger partial charge in [0, 0.05) is 16.3 Å². The van der Waals surface area contributed by atoms with Crippen molar-refractivity contribution in [3.63, 3.8) is 0 Å². The van der Waals surface area contributed by atoms with E-state index in [-0.39, 0.29) is 10.6 Å². The fraction of sp³-hybridized carbons (Fsp3) is 0.409. The highest BCUT2D eigenvalue weighted by atomic mass is 127. The number of halogens is 3. The molecule has 174 valence electrons. The number of benzene rings is 1. The zero-order valence-electron chi connectivity index (χ0n) is 18.1. The van der Waals surface area contributed by atoms with Crippen molar-refractivity contribution in [2.24, 2.45) is 5.92 Å². The summed E-state index contributed by atoms with van der Waals surface area (Å²) >= 11 is 3.99. The smallest absolute Gasteiger partial charge is 0.251 e. The lowest BCUT2D eigenvalue weighted by Crippen LogP contribution is -2.38. The van der Waals surface area contributed by atoms with Crippen molar-refractivity contribution in [2.45, 2.75) is 29.7 Å². The number of nitrogens with zero attached hydrogens (tertiary/aromatic N) is 4. The van der Waals surface area contributed by atoms with Gasteiger partial charge in [0.1, 0.15) is 22.7 Å².